The molecule has 6 heteroatoms. The third-order valence-corrected chi connectivity index (χ3v) is 2.95. The van der Waals surface area contributed by atoms with Crippen LogP contribution in [0.25, 0.3) is 0 Å². The number of Topliss-reactive ketones (excluding diaryl/α,β-unsaturated/α-hetero) is 1. The predicted octanol–water partition coefficient (Wildman–Crippen LogP) is 3.91. The molecule has 0 spiro atoms. The summed E-state index contributed by atoms with van der Waals surface area (Å²) in [6.07, 6.45) is -3.71. The van der Waals surface area contributed by atoms with Crippen LogP contribution in [0.1, 0.15) is 23.7 Å². The van der Waals surface area contributed by atoms with Gasteiger partial charge >= 0.3 is 6.18 Å². The van der Waals surface area contributed by atoms with Gasteiger partial charge in [0.05, 0.1) is 13.1 Å². The summed E-state index contributed by atoms with van der Waals surface area (Å²) in [4.78, 5) is 13.1. The van der Waals surface area contributed by atoms with Crippen LogP contribution in [0.5, 0.6) is 0 Å². The van der Waals surface area contributed by atoms with Crippen molar-refractivity contribution in [1.82, 2.24) is 4.90 Å². The number of carbonyl (C=O) groups is 1. The van der Waals surface area contributed by atoms with Crippen LogP contribution < -0.4 is 0 Å². The van der Waals surface area contributed by atoms with Gasteiger partial charge in [0.25, 0.3) is 0 Å². The molecule has 0 heterocycles. The van der Waals surface area contributed by atoms with E-state index >= 15 is 0 Å². The summed E-state index contributed by atoms with van der Waals surface area (Å²) >= 11 is 3.23. The number of hydrogen-bond donors (Lipinski definition) is 0. The van der Waals surface area contributed by atoms with Gasteiger partial charge in [-0.05, 0) is 25.1 Å². The standard InChI is InChI=1S/C13H15BrF3NO/c1-2-6-18(9-13(15,16)17)8-12(19)10-4-3-5-11(14)7-10/h3-5,7H,2,6,8-9H2,1H3. The molecule has 2 nitrogen and oxygen atoms in total. The van der Waals surface area contributed by atoms with E-state index in [1.165, 1.54) is 0 Å². The first-order valence-electron chi connectivity index (χ1n) is 5.89. The zero-order valence-corrected chi connectivity index (χ0v) is 12.1. The number of rotatable bonds is 6. The molecule has 1 rings (SSSR count). The molecule has 1 aromatic rings. The summed E-state index contributed by atoms with van der Waals surface area (Å²) in [6.45, 7) is 0.761. The van der Waals surface area contributed by atoms with Crippen molar-refractivity contribution in [3.63, 3.8) is 0 Å². The topological polar surface area (TPSA) is 20.3 Å². The Morgan fingerprint density at radius 1 is 1.37 bits per heavy atom. The second-order valence-corrected chi connectivity index (χ2v) is 5.18. The molecule has 19 heavy (non-hydrogen) atoms. The molecule has 0 fully saturated rings. The molecule has 0 aliphatic heterocycles. The van der Waals surface area contributed by atoms with Gasteiger partial charge in [-0.25, -0.2) is 0 Å². The van der Waals surface area contributed by atoms with Gasteiger partial charge in [-0.15, -0.1) is 0 Å². The summed E-state index contributed by atoms with van der Waals surface area (Å²) in [5, 5.41) is 0. The summed E-state index contributed by atoms with van der Waals surface area (Å²) in [6, 6.07) is 6.66. The van der Waals surface area contributed by atoms with E-state index in [1.54, 1.807) is 31.2 Å². The first-order valence-corrected chi connectivity index (χ1v) is 6.69. The molecule has 106 valence electrons. The second-order valence-electron chi connectivity index (χ2n) is 4.26. The molecule has 0 radical (unpaired) electrons. The number of alkyl halides is 3. The van der Waals surface area contributed by atoms with E-state index in [-0.39, 0.29) is 18.9 Å². The Balaban J connectivity index is 2.71. The number of carbonyl (C=O) groups excluding carboxylic acids is 1. The van der Waals surface area contributed by atoms with Crippen LogP contribution in [0, 0.1) is 0 Å². The Bertz CT molecular complexity index is 434. The van der Waals surface area contributed by atoms with E-state index in [9.17, 15) is 18.0 Å². The van der Waals surface area contributed by atoms with Crippen molar-refractivity contribution in [2.45, 2.75) is 19.5 Å². The fraction of sp³-hybridized carbons (Fsp3) is 0.462. The molecule has 0 saturated heterocycles. The minimum Gasteiger partial charge on any atom is -0.293 e. The number of nitrogens with zero attached hydrogens (tertiary/aromatic N) is 1. The average molecular weight is 338 g/mol. The highest BCUT2D eigenvalue weighted by molar-refractivity contribution is 9.10. The molecule has 0 amide bonds. The summed E-state index contributed by atoms with van der Waals surface area (Å²) < 4.78 is 37.9. The Morgan fingerprint density at radius 3 is 2.58 bits per heavy atom. The van der Waals surface area contributed by atoms with Crippen molar-refractivity contribution >= 4 is 21.7 Å². The number of hydrogen-bond acceptors (Lipinski definition) is 2. The lowest BCUT2D eigenvalue weighted by Gasteiger charge is -2.22. The average Bonchev–Trinajstić information content (AvgIpc) is 2.27. The monoisotopic (exact) mass is 337 g/mol. The normalized spacial score (nSPS) is 11.9. The highest BCUT2D eigenvalue weighted by Gasteiger charge is 2.31. The fourth-order valence-corrected chi connectivity index (χ4v) is 2.14. The van der Waals surface area contributed by atoms with Crippen molar-refractivity contribution < 1.29 is 18.0 Å². The zero-order chi connectivity index (χ0) is 14.5. The lowest BCUT2D eigenvalue weighted by Crippen LogP contribution is -2.38. The predicted molar refractivity (Wildman–Crippen MR) is 71.3 cm³/mol. The molecule has 0 aliphatic rings. The number of ketones is 1. The molecule has 0 saturated carbocycles. The van der Waals surface area contributed by atoms with E-state index in [4.69, 9.17) is 0 Å². The molecular formula is C13H15BrF3NO. The van der Waals surface area contributed by atoms with Crippen LogP contribution in [-0.2, 0) is 0 Å². The maximum atomic E-state index is 12.4. The largest absolute Gasteiger partial charge is 0.401 e. The molecule has 0 N–H and O–H groups in total. The van der Waals surface area contributed by atoms with Gasteiger partial charge in [0.2, 0.25) is 0 Å². The molecule has 0 aromatic heterocycles. The molecular weight excluding hydrogens is 323 g/mol. The molecule has 0 aliphatic carbocycles. The van der Waals surface area contributed by atoms with E-state index in [1.807, 2.05) is 0 Å². The molecule has 0 unspecified atom stereocenters. The zero-order valence-electron chi connectivity index (χ0n) is 10.5. The van der Waals surface area contributed by atoms with Gasteiger partial charge in [0.1, 0.15) is 0 Å². The van der Waals surface area contributed by atoms with Crippen LogP contribution >= 0.6 is 15.9 Å². The van der Waals surface area contributed by atoms with Gasteiger partial charge in [0, 0.05) is 10.0 Å². The van der Waals surface area contributed by atoms with Crippen LogP contribution in [0.15, 0.2) is 28.7 Å². The van der Waals surface area contributed by atoms with Gasteiger partial charge in [0.15, 0.2) is 5.78 Å². The molecule has 1 aromatic carbocycles. The van der Waals surface area contributed by atoms with Crippen LogP contribution in [0.4, 0.5) is 13.2 Å². The van der Waals surface area contributed by atoms with Gasteiger partial charge in [-0.1, -0.05) is 35.0 Å². The SMILES string of the molecule is CCCN(CC(=O)c1cccc(Br)c1)CC(F)(F)F. The van der Waals surface area contributed by atoms with Crippen molar-refractivity contribution in [2.75, 3.05) is 19.6 Å². The van der Waals surface area contributed by atoms with E-state index in [0.29, 0.717) is 12.0 Å². The highest BCUT2D eigenvalue weighted by atomic mass is 79.9. The second kappa shape index (κ2) is 7.05. The first-order chi connectivity index (χ1) is 8.81. The van der Waals surface area contributed by atoms with Crippen LogP contribution in [-0.4, -0.2) is 36.5 Å². The Kier molecular flexibility index (Phi) is 6.00. The Hall–Kier alpha value is -0.880. The van der Waals surface area contributed by atoms with Gasteiger partial charge < -0.3 is 0 Å². The van der Waals surface area contributed by atoms with Gasteiger partial charge in [-0.3, -0.25) is 9.69 Å². The van der Waals surface area contributed by atoms with E-state index in [0.717, 1.165) is 9.37 Å². The third-order valence-electron chi connectivity index (χ3n) is 2.46. The lowest BCUT2D eigenvalue weighted by atomic mass is 10.1. The van der Waals surface area contributed by atoms with Crippen molar-refractivity contribution in [3.05, 3.63) is 34.3 Å². The minimum absolute atomic E-state index is 0.218. The Morgan fingerprint density at radius 2 is 2.05 bits per heavy atom. The van der Waals surface area contributed by atoms with E-state index < -0.39 is 12.7 Å². The summed E-state index contributed by atoms with van der Waals surface area (Å²) in [7, 11) is 0. The van der Waals surface area contributed by atoms with Crippen LogP contribution in [0.2, 0.25) is 0 Å². The molecule has 0 bridgehead atoms. The van der Waals surface area contributed by atoms with Gasteiger partial charge in [-0.2, -0.15) is 13.2 Å². The van der Waals surface area contributed by atoms with Crippen molar-refractivity contribution in [1.29, 1.82) is 0 Å². The van der Waals surface area contributed by atoms with Crippen molar-refractivity contribution in [3.8, 4) is 0 Å². The lowest BCUT2D eigenvalue weighted by molar-refractivity contribution is -0.144. The summed E-state index contributed by atoms with van der Waals surface area (Å²) in [5.74, 6) is -0.306. The minimum atomic E-state index is -4.28. The first kappa shape index (κ1) is 16.2. The fourth-order valence-electron chi connectivity index (χ4n) is 1.74. The number of halogens is 4. The van der Waals surface area contributed by atoms with E-state index in [2.05, 4.69) is 15.9 Å². The smallest absolute Gasteiger partial charge is 0.293 e. The Labute approximate surface area is 118 Å². The quantitative estimate of drug-likeness (QED) is 0.733. The maximum absolute atomic E-state index is 12.4. The highest BCUT2D eigenvalue weighted by Crippen LogP contribution is 2.18. The number of benzene rings is 1. The van der Waals surface area contributed by atoms with Crippen LogP contribution in [0.3, 0.4) is 0 Å². The molecule has 0 atom stereocenters. The summed E-state index contributed by atoms with van der Waals surface area (Å²) in [5.41, 5.74) is 0.414. The third kappa shape index (κ3) is 6.20. The van der Waals surface area contributed by atoms with Crippen molar-refractivity contribution in [2.24, 2.45) is 0 Å². The maximum Gasteiger partial charge on any atom is 0.401 e.